The average Bonchev–Trinajstić information content (AvgIpc) is 2.59. The highest BCUT2D eigenvalue weighted by molar-refractivity contribution is 5.88. The highest BCUT2D eigenvalue weighted by Gasteiger charge is 2.44. The fourth-order valence-electron chi connectivity index (χ4n) is 2.27. The van der Waals surface area contributed by atoms with E-state index < -0.39 is 0 Å². The largest absolute Gasteiger partial charge is 0.469 e. The van der Waals surface area contributed by atoms with Crippen molar-refractivity contribution in [3.8, 4) is 0 Å². The van der Waals surface area contributed by atoms with Crippen molar-refractivity contribution < 1.29 is 14.3 Å². The number of methoxy groups -OCH3 is 1. The van der Waals surface area contributed by atoms with Gasteiger partial charge < -0.3 is 10.1 Å². The minimum atomic E-state index is -0.294. The molecule has 1 saturated heterocycles. The van der Waals surface area contributed by atoms with Crippen molar-refractivity contribution in [2.24, 2.45) is 17.8 Å². The number of fused-ring (bicyclic) bond motifs is 1. The Hall–Kier alpha value is -1.32. The molecule has 0 aromatic rings. The maximum atomic E-state index is 11.5. The molecule has 4 nitrogen and oxygen atoms in total. The number of hydrogen-bond donors (Lipinski definition) is 1. The monoisotopic (exact) mass is 195 g/mol. The zero-order chi connectivity index (χ0) is 10.1. The molecule has 76 valence electrons. The van der Waals surface area contributed by atoms with Gasteiger partial charge in [0.1, 0.15) is 0 Å². The molecule has 0 aromatic heterocycles. The molecule has 1 aliphatic carbocycles. The SMILES string of the molecule is COC(=O)[C@@H]1CC=C[C@H]2CNC(=O)[C@H]21. The summed E-state index contributed by atoms with van der Waals surface area (Å²) in [5, 5.41) is 2.77. The van der Waals surface area contributed by atoms with Crippen molar-refractivity contribution in [2.45, 2.75) is 6.42 Å². The van der Waals surface area contributed by atoms with Crippen molar-refractivity contribution in [1.29, 1.82) is 0 Å². The van der Waals surface area contributed by atoms with Gasteiger partial charge in [0.15, 0.2) is 0 Å². The number of esters is 1. The molecule has 1 heterocycles. The standard InChI is InChI=1S/C10H13NO3/c1-14-10(13)7-4-2-3-6-5-11-9(12)8(6)7/h2-3,6-8H,4-5H2,1H3,(H,11,12)/t6-,7+,8+/m0/s1. The maximum absolute atomic E-state index is 11.5. The molecule has 0 spiro atoms. The molecule has 0 bridgehead atoms. The highest BCUT2D eigenvalue weighted by atomic mass is 16.5. The van der Waals surface area contributed by atoms with E-state index in [9.17, 15) is 9.59 Å². The van der Waals surface area contributed by atoms with Crippen LogP contribution in [0.15, 0.2) is 12.2 Å². The lowest BCUT2D eigenvalue weighted by molar-refractivity contribution is -0.150. The lowest BCUT2D eigenvalue weighted by Gasteiger charge is -2.25. The molecular formula is C10H13NO3. The number of ether oxygens (including phenoxy) is 1. The summed E-state index contributed by atoms with van der Waals surface area (Å²) in [5.41, 5.74) is 0. The first-order valence-corrected chi connectivity index (χ1v) is 4.76. The summed E-state index contributed by atoms with van der Waals surface area (Å²) >= 11 is 0. The van der Waals surface area contributed by atoms with Crippen LogP contribution in [0.3, 0.4) is 0 Å². The van der Waals surface area contributed by atoms with Crippen molar-refractivity contribution in [3.63, 3.8) is 0 Å². The lowest BCUT2D eigenvalue weighted by atomic mass is 9.77. The van der Waals surface area contributed by atoms with E-state index in [2.05, 4.69) is 5.32 Å². The van der Waals surface area contributed by atoms with Crippen molar-refractivity contribution >= 4 is 11.9 Å². The summed E-state index contributed by atoms with van der Waals surface area (Å²) in [4.78, 5) is 22.9. The van der Waals surface area contributed by atoms with E-state index in [1.165, 1.54) is 7.11 Å². The number of nitrogens with one attached hydrogen (secondary N) is 1. The molecular weight excluding hydrogens is 182 g/mol. The Morgan fingerprint density at radius 3 is 3.14 bits per heavy atom. The number of rotatable bonds is 1. The molecule has 3 atom stereocenters. The van der Waals surface area contributed by atoms with E-state index in [1.807, 2.05) is 12.2 Å². The minimum Gasteiger partial charge on any atom is -0.469 e. The molecule has 0 saturated carbocycles. The predicted molar refractivity (Wildman–Crippen MR) is 49.3 cm³/mol. The molecule has 0 aromatic carbocycles. The molecule has 1 fully saturated rings. The summed E-state index contributed by atoms with van der Waals surface area (Å²) in [6, 6.07) is 0. The van der Waals surface area contributed by atoms with E-state index in [0.717, 1.165) is 0 Å². The van der Waals surface area contributed by atoms with Gasteiger partial charge in [-0.25, -0.2) is 0 Å². The molecule has 0 radical (unpaired) electrons. The highest BCUT2D eigenvalue weighted by Crippen LogP contribution is 2.34. The van der Waals surface area contributed by atoms with Crippen LogP contribution >= 0.6 is 0 Å². The van der Waals surface area contributed by atoms with Crippen LogP contribution in [0, 0.1) is 17.8 Å². The second-order valence-corrected chi connectivity index (χ2v) is 3.73. The number of hydrogen-bond acceptors (Lipinski definition) is 3. The number of carbonyl (C=O) groups is 2. The van der Waals surface area contributed by atoms with Gasteiger partial charge in [0.25, 0.3) is 0 Å². The van der Waals surface area contributed by atoms with Crippen molar-refractivity contribution in [1.82, 2.24) is 5.32 Å². The van der Waals surface area contributed by atoms with Gasteiger partial charge in [0, 0.05) is 12.5 Å². The minimum absolute atomic E-state index is 0.0187. The third kappa shape index (κ3) is 1.31. The van der Waals surface area contributed by atoms with E-state index in [4.69, 9.17) is 4.74 Å². The quantitative estimate of drug-likeness (QED) is 0.477. The summed E-state index contributed by atoms with van der Waals surface area (Å²) in [6.45, 7) is 0.646. The number of carbonyl (C=O) groups excluding carboxylic acids is 2. The zero-order valence-corrected chi connectivity index (χ0v) is 8.03. The first-order valence-electron chi connectivity index (χ1n) is 4.76. The summed E-state index contributed by atoms with van der Waals surface area (Å²) < 4.78 is 4.69. The first-order chi connectivity index (χ1) is 6.74. The van der Waals surface area contributed by atoms with Gasteiger partial charge in [-0.2, -0.15) is 0 Å². The van der Waals surface area contributed by atoms with Gasteiger partial charge >= 0.3 is 5.97 Å². The van der Waals surface area contributed by atoms with Gasteiger partial charge in [0.05, 0.1) is 18.9 Å². The van der Waals surface area contributed by atoms with E-state index >= 15 is 0 Å². The molecule has 1 N–H and O–H groups in total. The predicted octanol–water partition coefficient (Wildman–Crippen LogP) is 0.0977. The zero-order valence-electron chi connectivity index (χ0n) is 8.03. The molecule has 4 heteroatoms. The molecule has 2 rings (SSSR count). The topological polar surface area (TPSA) is 55.4 Å². The van der Waals surface area contributed by atoms with Crippen LogP contribution in [0.1, 0.15) is 6.42 Å². The Labute approximate surface area is 82.3 Å². The summed E-state index contributed by atoms with van der Waals surface area (Å²) in [6.07, 6.45) is 4.59. The van der Waals surface area contributed by atoms with Gasteiger partial charge in [0.2, 0.25) is 5.91 Å². The van der Waals surface area contributed by atoms with Gasteiger partial charge in [-0.1, -0.05) is 12.2 Å². The Balaban J connectivity index is 2.22. The van der Waals surface area contributed by atoms with Crippen LogP contribution in [0.4, 0.5) is 0 Å². The smallest absolute Gasteiger partial charge is 0.309 e. The molecule has 1 amide bonds. The second-order valence-electron chi connectivity index (χ2n) is 3.73. The molecule has 14 heavy (non-hydrogen) atoms. The third-order valence-electron chi connectivity index (χ3n) is 2.99. The fraction of sp³-hybridized carbons (Fsp3) is 0.600. The number of amides is 1. The van der Waals surface area contributed by atoms with Crippen LogP contribution in [0.25, 0.3) is 0 Å². The molecule has 0 unspecified atom stereocenters. The van der Waals surface area contributed by atoms with Crippen LogP contribution in [0.5, 0.6) is 0 Å². The van der Waals surface area contributed by atoms with Gasteiger partial charge in [-0.05, 0) is 6.42 Å². The first kappa shape index (κ1) is 9.24. The van der Waals surface area contributed by atoms with Gasteiger partial charge in [-0.3, -0.25) is 9.59 Å². The van der Waals surface area contributed by atoms with Crippen LogP contribution < -0.4 is 5.32 Å². The van der Waals surface area contributed by atoms with E-state index in [0.29, 0.717) is 13.0 Å². The fourth-order valence-corrected chi connectivity index (χ4v) is 2.27. The maximum Gasteiger partial charge on any atom is 0.309 e. The normalized spacial score (nSPS) is 34.9. The lowest BCUT2D eigenvalue weighted by Crippen LogP contribution is -2.34. The molecule has 2 aliphatic rings. The van der Waals surface area contributed by atoms with Crippen molar-refractivity contribution in [3.05, 3.63) is 12.2 Å². The summed E-state index contributed by atoms with van der Waals surface area (Å²) in [7, 11) is 1.36. The third-order valence-corrected chi connectivity index (χ3v) is 2.99. The van der Waals surface area contributed by atoms with Gasteiger partial charge in [-0.15, -0.1) is 0 Å². The number of allylic oxidation sites excluding steroid dienone is 1. The second kappa shape index (κ2) is 3.44. The van der Waals surface area contributed by atoms with E-state index in [1.54, 1.807) is 0 Å². The van der Waals surface area contributed by atoms with Crippen LogP contribution in [-0.2, 0) is 14.3 Å². The molecule has 1 aliphatic heterocycles. The van der Waals surface area contributed by atoms with E-state index in [-0.39, 0.29) is 29.6 Å². The Morgan fingerprint density at radius 1 is 1.64 bits per heavy atom. The average molecular weight is 195 g/mol. The Morgan fingerprint density at radius 2 is 2.43 bits per heavy atom. The van der Waals surface area contributed by atoms with Crippen molar-refractivity contribution in [2.75, 3.05) is 13.7 Å². The summed E-state index contributed by atoms with van der Waals surface area (Å²) in [5.74, 6) is -0.638. The van der Waals surface area contributed by atoms with Crippen LogP contribution in [0.2, 0.25) is 0 Å². The Kier molecular flexibility index (Phi) is 2.27. The Bertz CT molecular complexity index is 298. The van der Waals surface area contributed by atoms with Crippen LogP contribution in [-0.4, -0.2) is 25.5 Å².